The number of para-hydroxylation sites is 3. The maximum Gasteiger partial charge on any atom is 0.350 e. The second-order valence-electron chi connectivity index (χ2n) is 13.7. The van der Waals surface area contributed by atoms with E-state index in [1.807, 2.05) is 196 Å². The minimum absolute atomic E-state index is 0.221. The Balaban J connectivity index is 1.43. The molecule has 0 atom stereocenters. The van der Waals surface area contributed by atoms with Gasteiger partial charge in [-0.2, -0.15) is 0 Å². The van der Waals surface area contributed by atoms with E-state index in [2.05, 4.69) is 12.1 Å². The van der Waals surface area contributed by atoms with Crippen LogP contribution in [0.15, 0.2) is 215 Å². The number of carbonyl (C=O) groups excluding carboxylic acids is 1. The van der Waals surface area contributed by atoms with Gasteiger partial charge in [0.15, 0.2) is 11.5 Å². The van der Waals surface area contributed by atoms with Gasteiger partial charge in [0.25, 0.3) is 0 Å². The highest BCUT2D eigenvalue weighted by Gasteiger charge is 2.39. The minimum Gasteiger partial charge on any atom is -0.496 e. The lowest BCUT2D eigenvalue weighted by atomic mass is 9.97. The van der Waals surface area contributed by atoms with Crippen molar-refractivity contribution in [2.45, 2.75) is 28.5 Å². The first kappa shape index (κ1) is 38.6. The van der Waals surface area contributed by atoms with Crippen molar-refractivity contribution >= 4 is 16.3 Å². The van der Waals surface area contributed by atoms with E-state index in [-0.39, 0.29) is 22.8 Å². The van der Waals surface area contributed by atoms with E-state index in [1.165, 1.54) is 0 Å². The number of aryl methyl sites for hydroxylation is 2. The van der Waals surface area contributed by atoms with Crippen LogP contribution in [-0.4, -0.2) is 13.1 Å². The van der Waals surface area contributed by atoms with Crippen LogP contribution >= 0.6 is 10.3 Å². The molecule has 0 heterocycles. The summed E-state index contributed by atoms with van der Waals surface area (Å²) in [5.74, 6) is 2.65. The Labute approximate surface area is 346 Å². The normalized spacial score (nSPS) is 11.3. The number of hydrogen-bond donors (Lipinski definition) is 0. The van der Waals surface area contributed by atoms with Crippen molar-refractivity contribution in [1.82, 2.24) is 0 Å². The highest BCUT2D eigenvalue weighted by atomic mass is 32.3. The minimum atomic E-state index is -2.77. The summed E-state index contributed by atoms with van der Waals surface area (Å²) in [5, 5.41) is 0. The van der Waals surface area contributed by atoms with Crippen LogP contribution in [0.3, 0.4) is 0 Å². The summed E-state index contributed by atoms with van der Waals surface area (Å²) in [7, 11) is -1.10. The van der Waals surface area contributed by atoms with Gasteiger partial charge < -0.3 is 23.1 Å². The Kier molecular flexibility index (Phi) is 11.5. The number of ether oxygens (including phenoxy) is 4. The van der Waals surface area contributed by atoms with Gasteiger partial charge in [-0.25, -0.2) is 4.79 Å². The molecule has 0 aliphatic rings. The van der Waals surface area contributed by atoms with Crippen LogP contribution in [0.4, 0.5) is 0 Å². The molecule has 0 radical (unpaired) electrons. The molecule has 8 aromatic carbocycles. The fourth-order valence-corrected chi connectivity index (χ4v) is 10.3. The summed E-state index contributed by atoms with van der Waals surface area (Å²) >= 11 is 0. The summed E-state index contributed by atoms with van der Waals surface area (Å²) in [5.41, 5.74) is 3.26. The van der Waals surface area contributed by atoms with Crippen molar-refractivity contribution in [2.75, 3.05) is 7.11 Å². The molecular weight excluding hydrogens is 753 g/mol. The Bertz CT molecular complexity index is 2590. The number of hydrogen-bond acceptors (Lipinski definition) is 6. The number of methoxy groups -OCH3 is 1. The van der Waals surface area contributed by atoms with Crippen molar-refractivity contribution in [2.24, 2.45) is 0 Å². The number of rotatable bonds is 13. The highest BCUT2D eigenvalue weighted by molar-refractivity contribution is 8.30. The standard InChI is InChI=1S/C52H42O6S/c1-37-34-45(35-38(2)49(37)54-3)59(43-30-18-8-19-31-43,44-32-20-9-21-33-44)58-52(53)46-36-47(55-40-24-12-5-13-25-40)50(56-41-26-14-6-15-27-41)51(57-42-28-16-7-17-29-42)48(46)39-22-10-4-11-23-39/h4-36H,1-3H3. The largest absolute Gasteiger partial charge is 0.496 e. The molecule has 0 bridgehead atoms. The zero-order valence-corrected chi connectivity index (χ0v) is 33.7. The predicted octanol–water partition coefficient (Wildman–Crippen LogP) is 14.4. The van der Waals surface area contributed by atoms with Gasteiger partial charge in [0.1, 0.15) is 23.0 Å². The first-order valence-corrected chi connectivity index (χ1v) is 20.8. The predicted molar refractivity (Wildman–Crippen MR) is 235 cm³/mol. The number of carbonyl (C=O) groups is 1. The topological polar surface area (TPSA) is 63.2 Å². The third-order valence-electron chi connectivity index (χ3n) is 9.70. The Morgan fingerprint density at radius 2 is 0.847 bits per heavy atom. The monoisotopic (exact) mass is 794 g/mol. The van der Waals surface area contributed by atoms with Gasteiger partial charge in [-0.1, -0.05) is 121 Å². The van der Waals surface area contributed by atoms with Crippen LogP contribution in [-0.2, 0) is 4.18 Å². The Morgan fingerprint density at radius 1 is 0.441 bits per heavy atom. The van der Waals surface area contributed by atoms with Crippen LogP contribution in [0.2, 0.25) is 0 Å². The van der Waals surface area contributed by atoms with E-state index in [1.54, 1.807) is 13.2 Å². The molecule has 7 heteroatoms. The molecule has 0 saturated heterocycles. The fraction of sp³-hybridized carbons (Fsp3) is 0.0577. The molecule has 0 fully saturated rings. The first-order chi connectivity index (χ1) is 28.9. The lowest BCUT2D eigenvalue weighted by Gasteiger charge is -2.40. The van der Waals surface area contributed by atoms with E-state index >= 15 is 4.79 Å². The van der Waals surface area contributed by atoms with Crippen LogP contribution in [0.25, 0.3) is 11.1 Å². The zero-order chi connectivity index (χ0) is 40.6. The van der Waals surface area contributed by atoms with Crippen molar-refractivity contribution in [3.8, 4) is 51.4 Å². The summed E-state index contributed by atoms with van der Waals surface area (Å²) in [6.07, 6.45) is 0. The van der Waals surface area contributed by atoms with E-state index in [0.717, 1.165) is 31.6 Å². The molecule has 59 heavy (non-hydrogen) atoms. The average Bonchev–Trinajstić information content (AvgIpc) is 3.28. The molecular formula is C52H42O6S. The van der Waals surface area contributed by atoms with Crippen molar-refractivity contribution < 1.29 is 27.9 Å². The van der Waals surface area contributed by atoms with E-state index in [9.17, 15) is 0 Å². The molecule has 0 saturated carbocycles. The molecule has 0 aromatic heterocycles. The van der Waals surface area contributed by atoms with Crippen LogP contribution in [0.1, 0.15) is 21.5 Å². The Morgan fingerprint density at radius 3 is 1.31 bits per heavy atom. The third kappa shape index (κ3) is 8.15. The molecule has 0 aliphatic carbocycles. The summed E-state index contributed by atoms with van der Waals surface area (Å²) in [6.45, 7) is 4.02. The SMILES string of the molecule is COc1c(C)cc(S(OC(=O)c2cc(Oc3ccccc3)c(Oc3ccccc3)c(Oc3ccccc3)c2-c2ccccc2)(c2ccccc2)c2ccccc2)cc1C. The van der Waals surface area contributed by atoms with Crippen LogP contribution in [0.5, 0.6) is 40.2 Å². The highest BCUT2D eigenvalue weighted by Crippen LogP contribution is 2.70. The van der Waals surface area contributed by atoms with Gasteiger partial charge in [0, 0.05) is 26.3 Å². The lowest BCUT2D eigenvalue weighted by Crippen LogP contribution is -2.16. The first-order valence-electron chi connectivity index (χ1n) is 19.2. The second kappa shape index (κ2) is 17.5. The van der Waals surface area contributed by atoms with Gasteiger partial charge in [-0.15, -0.1) is 0 Å². The van der Waals surface area contributed by atoms with Gasteiger partial charge in [-0.05, 0) is 114 Å². The molecule has 8 rings (SSSR count). The van der Waals surface area contributed by atoms with E-state index < -0.39 is 16.3 Å². The molecule has 6 nitrogen and oxygen atoms in total. The van der Waals surface area contributed by atoms with Gasteiger partial charge in [0.05, 0.1) is 12.7 Å². The van der Waals surface area contributed by atoms with Crippen molar-refractivity contribution in [1.29, 1.82) is 0 Å². The van der Waals surface area contributed by atoms with Crippen molar-refractivity contribution in [3.05, 3.63) is 217 Å². The second-order valence-corrected chi connectivity index (χ2v) is 16.4. The van der Waals surface area contributed by atoms with E-state index in [4.69, 9.17) is 23.1 Å². The fourth-order valence-electron chi connectivity index (χ4n) is 7.10. The molecule has 0 spiro atoms. The molecule has 0 amide bonds. The smallest absolute Gasteiger partial charge is 0.350 e. The Hall–Kier alpha value is -7.22. The molecule has 8 aromatic rings. The van der Waals surface area contributed by atoms with Gasteiger partial charge in [0.2, 0.25) is 5.75 Å². The molecule has 292 valence electrons. The third-order valence-corrected chi connectivity index (χ3v) is 12.9. The molecule has 0 unspecified atom stereocenters. The van der Waals surface area contributed by atoms with Gasteiger partial charge >= 0.3 is 5.97 Å². The van der Waals surface area contributed by atoms with Crippen molar-refractivity contribution in [3.63, 3.8) is 0 Å². The quantitative estimate of drug-likeness (QED) is 0.116. The van der Waals surface area contributed by atoms with E-state index in [0.29, 0.717) is 28.4 Å². The summed E-state index contributed by atoms with van der Waals surface area (Å²) in [4.78, 5) is 18.3. The molecule has 0 aliphatic heterocycles. The maximum atomic E-state index is 15.8. The van der Waals surface area contributed by atoms with Crippen LogP contribution in [0, 0.1) is 13.8 Å². The average molecular weight is 795 g/mol. The summed E-state index contributed by atoms with van der Waals surface area (Å²) < 4.78 is 33.3. The number of benzene rings is 8. The maximum absolute atomic E-state index is 15.8. The lowest BCUT2D eigenvalue weighted by molar-refractivity contribution is 0.0757. The zero-order valence-electron chi connectivity index (χ0n) is 32.9. The van der Waals surface area contributed by atoms with Gasteiger partial charge in [-0.3, -0.25) is 0 Å². The summed E-state index contributed by atoms with van der Waals surface area (Å²) in [6, 6.07) is 63.7. The molecule has 0 N–H and O–H groups in total. The van der Waals surface area contributed by atoms with Crippen LogP contribution < -0.4 is 18.9 Å².